The first kappa shape index (κ1) is 19.6. The van der Waals surface area contributed by atoms with E-state index in [1.54, 1.807) is 11.8 Å². The molecule has 0 saturated carbocycles. The van der Waals surface area contributed by atoms with Gasteiger partial charge in [0.15, 0.2) is 0 Å². The van der Waals surface area contributed by atoms with Crippen LogP contribution in [0.4, 0.5) is 0 Å². The van der Waals surface area contributed by atoms with Crippen molar-refractivity contribution < 1.29 is 4.79 Å². The fourth-order valence-corrected chi connectivity index (χ4v) is 3.74. The average molecular weight is 364 g/mol. The molecule has 2 atom stereocenters. The molecule has 1 aromatic rings. The number of amides is 1. The zero-order valence-corrected chi connectivity index (χ0v) is 14.8. The largest absolute Gasteiger partial charge is 0.351 e. The lowest BCUT2D eigenvalue weighted by Gasteiger charge is -2.18. The third-order valence-corrected chi connectivity index (χ3v) is 4.84. The van der Waals surface area contributed by atoms with Crippen LogP contribution in [0.15, 0.2) is 30.3 Å². The van der Waals surface area contributed by atoms with E-state index in [0.717, 1.165) is 37.7 Å². The molecule has 0 bridgehead atoms. The number of likely N-dealkylation sites (tertiary alicyclic amines) is 1. The third-order valence-electron chi connectivity index (χ3n) is 3.90. The molecule has 4 nitrogen and oxygen atoms in total. The summed E-state index contributed by atoms with van der Waals surface area (Å²) in [5.41, 5.74) is 1.34. The Hall–Kier alpha value is -0.460. The van der Waals surface area contributed by atoms with Gasteiger partial charge in [-0.15, -0.1) is 36.6 Å². The molecule has 0 aliphatic carbocycles. The van der Waals surface area contributed by atoms with E-state index in [1.165, 1.54) is 5.56 Å². The normalized spacial score (nSPS) is 24.4. The van der Waals surface area contributed by atoms with Gasteiger partial charge in [0, 0.05) is 37.3 Å². The van der Waals surface area contributed by atoms with Gasteiger partial charge in [-0.25, -0.2) is 0 Å². The molecule has 1 aromatic carbocycles. The van der Waals surface area contributed by atoms with Crippen LogP contribution in [-0.4, -0.2) is 47.6 Å². The van der Waals surface area contributed by atoms with E-state index >= 15 is 0 Å². The predicted molar refractivity (Wildman–Crippen MR) is 97.0 cm³/mol. The van der Waals surface area contributed by atoms with Crippen LogP contribution < -0.4 is 10.6 Å². The van der Waals surface area contributed by atoms with Crippen molar-refractivity contribution in [3.05, 3.63) is 35.9 Å². The van der Waals surface area contributed by atoms with Crippen molar-refractivity contribution in [1.29, 1.82) is 0 Å². The Morgan fingerprint density at radius 3 is 2.77 bits per heavy atom. The first-order valence-electron chi connectivity index (χ1n) is 7.19. The molecule has 2 unspecified atom stereocenters. The molecule has 22 heavy (non-hydrogen) atoms. The average Bonchev–Trinajstić information content (AvgIpc) is 3.11. The predicted octanol–water partition coefficient (Wildman–Crippen LogP) is 1.88. The van der Waals surface area contributed by atoms with E-state index in [4.69, 9.17) is 0 Å². The van der Waals surface area contributed by atoms with Gasteiger partial charge in [-0.2, -0.15) is 0 Å². The number of hydrogen-bond donors (Lipinski definition) is 2. The standard InChI is InChI=1S/C15H21N3OS.2ClH/c19-15(14-10-20-11-16-14)17-13-6-7-18(9-13)8-12-4-2-1-3-5-12;;/h1-5,13-14,16H,6-11H2,(H,17,19);2*1H. The number of rotatable bonds is 4. The van der Waals surface area contributed by atoms with Crippen LogP contribution in [0.5, 0.6) is 0 Å². The number of nitrogens with zero attached hydrogens (tertiary/aromatic N) is 1. The summed E-state index contributed by atoms with van der Waals surface area (Å²) < 4.78 is 0. The van der Waals surface area contributed by atoms with Gasteiger partial charge in [0.2, 0.25) is 5.91 Å². The summed E-state index contributed by atoms with van der Waals surface area (Å²) >= 11 is 1.79. The summed E-state index contributed by atoms with van der Waals surface area (Å²) in [6, 6.07) is 10.8. The topological polar surface area (TPSA) is 44.4 Å². The second-order valence-corrected chi connectivity index (χ2v) is 6.52. The van der Waals surface area contributed by atoms with Crippen LogP contribution in [0, 0.1) is 0 Å². The molecule has 0 spiro atoms. The molecule has 2 fully saturated rings. The van der Waals surface area contributed by atoms with Crippen molar-refractivity contribution in [1.82, 2.24) is 15.5 Å². The Morgan fingerprint density at radius 1 is 1.32 bits per heavy atom. The van der Waals surface area contributed by atoms with E-state index in [-0.39, 0.29) is 36.8 Å². The minimum absolute atomic E-state index is 0. The van der Waals surface area contributed by atoms with Crippen molar-refractivity contribution in [3.8, 4) is 0 Å². The first-order chi connectivity index (χ1) is 9.81. The highest BCUT2D eigenvalue weighted by atomic mass is 35.5. The van der Waals surface area contributed by atoms with Crippen LogP contribution in [0.25, 0.3) is 0 Å². The molecule has 3 rings (SSSR count). The maximum absolute atomic E-state index is 12.1. The molecule has 2 N–H and O–H groups in total. The Labute approximate surface area is 148 Å². The number of benzene rings is 1. The SMILES string of the molecule is Cl.Cl.O=C(NC1CCN(Cc2ccccc2)C1)C1CSCN1. The van der Waals surface area contributed by atoms with Gasteiger partial charge in [0.25, 0.3) is 0 Å². The van der Waals surface area contributed by atoms with Crippen LogP contribution >= 0.6 is 36.6 Å². The molecule has 2 aliphatic rings. The summed E-state index contributed by atoms with van der Waals surface area (Å²) in [6.45, 7) is 3.00. The molecule has 2 heterocycles. The van der Waals surface area contributed by atoms with E-state index in [2.05, 4.69) is 39.8 Å². The molecule has 124 valence electrons. The van der Waals surface area contributed by atoms with Gasteiger partial charge in [0.05, 0.1) is 6.04 Å². The second-order valence-electron chi connectivity index (χ2n) is 5.49. The highest BCUT2D eigenvalue weighted by molar-refractivity contribution is 7.99. The summed E-state index contributed by atoms with van der Waals surface area (Å²) in [7, 11) is 0. The fraction of sp³-hybridized carbons (Fsp3) is 0.533. The molecule has 1 amide bonds. The van der Waals surface area contributed by atoms with Gasteiger partial charge < -0.3 is 5.32 Å². The third kappa shape index (κ3) is 5.32. The van der Waals surface area contributed by atoms with Crippen LogP contribution in [0.3, 0.4) is 0 Å². The minimum atomic E-state index is 0. The number of carbonyl (C=O) groups is 1. The molecule has 0 aromatic heterocycles. The molecule has 2 aliphatic heterocycles. The smallest absolute Gasteiger partial charge is 0.238 e. The zero-order valence-electron chi connectivity index (χ0n) is 12.4. The molecule has 7 heteroatoms. The Kier molecular flexibility index (Phi) is 8.57. The van der Waals surface area contributed by atoms with Gasteiger partial charge in [-0.05, 0) is 12.0 Å². The molecule has 0 radical (unpaired) electrons. The van der Waals surface area contributed by atoms with Crippen LogP contribution in [-0.2, 0) is 11.3 Å². The van der Waals surface area contributed by atoms with Crippen molar-refractivity contribution in [2.75, 3.05) is 24.7 Å². The van der Waals surface area contributed by atoms with E-state index in [0.29, 0.717) is 6.04 Å². The number of nitrogens with one attached hydrogen (secondary N) is 2. The monoisotopic (exact) mass is 363 g/mol. The summed E-state index contributed by atoms with van der Waals surface area (Å²) in [5.74, 6) is 1.95. The quantitative estimate of drug-likeness (QED) is 0.857. The van der Waals surface area contributed by atoms with Crippen molar-refractivity contribution in [2.24, 2.45) is 0 Å². The lowest BCUT2D eigenvalue weighted by Crippen LogP contribution is -2.47. The lowest BCUT2D eigenvalue weighted by atomic mass is 10.2. The van der Waals surface area contributed by atoms with Crippen molar-refractivity contribution >= 4 is 42.5 Å². The Morgan fingerprint density at radius 2 is 2.09 bits per heavy atom. The number of hydrogen-bond acceptors (Lipinski definition) is 4. The lowest BCUT2D eigenvalue weighted by molar-refractivity contribution is -0.123. The number of carbonyl (C=O) groups excluding carboxylic acids is 1. The summed E-state index contributed by atoms with van der Waals surface area (Å²) in [6.07, 6.45) is 1.05. The molecular weight excluding hydrogens is 341 g/mol. The van der Waals surface area contributed by atoms with E-state index in [9.17, 15) is 4.79 Å². The zero-order chi connectivity index (χ0) is 13.8. The fourth-order valence-electron chi connectivity index (χ4n) is 2.80. The number of thioether (sulfide) groups is 1. The second kappa shape index (κ2) is 9.63. The first-order valence-corrected chi connectivity index (χ1v) is 8.34. The van der Waals surface area contributed by atoms with Gasteiger partial charge in [-0.1, -0.05) is 30.3 Å². The Bertz CT molecular complexity index is 457. The maximum Gasteiger partial charge on any atom is 0.238 e. The van der Waals surface area contributed by atoms with E-state index < -0.39 is 0 Å². The van der Waals surface area contributed by atoms with Gasteiger partial charge in [-0.3, -0.25) is 15.0 Å². The molecular formula is C15H23Cl2N3OS. The number of halogens is 2. The highest BCUT2D eigenvalue weighted by Gasteiger charge is 2.28. The molecule has 2 saturated heterocycles. The van der Waals surface area contributed by atoms with Gasteiger partial charge in [0.1, 0.15) is 0 Å². The Balaban J connectivity index is 0.00000121. The van der Waals surface area contributed by atoms with Gasteiger partial charge >= 0.3 is 0 Å². The van der Waals surface area contributed by atoms with Crippen molar-refractivity contribution in [2.45, 2.75) is 25.0 Å². The maximum atomic E-state index is 12.1. The highest BCUT2D eigenvalue weighted by Crippen LogP contribution is 2.15. The van der Waals surface area contributed by atoms with Crippen molar-refractivity contribution in [3.63, 3.8) is 0 Å². The minimum Gasteiger partial charge on any atom is -0.351 e. The van der Waals surface area contributed by atoms with Crippen LogP contribution in [0.1, 0.15) is 12.0 Å². The summed E-state index contributed by atoms with van der Waals surface area (Å²) in [5, 5.41) is 6.40. The summed E-state index contributed by atoms with van der Waals surface area (Å²) in [4.78, 5) is 14.5. The van der Waals surface area contributed by atoms with Crippen LogP contribution in [0.2, 0.25) is 0 Å². The van der Waals surface area contributed by atoms with E-state index in [1.807, 2.05) is 6.07 Å².